The summed E-state index contributed by atoms with van der Waals surface area (Å²) >= 11 is 0. The fourth-order valence-corrected chi connectivity index (χ4v) is 1.97. The number of carboxylic acids is 1. The van der Waals surface area contributed by atoms with Crippen LogP contribution in [0.2, 0.25) is 0 Å². The Balaban J connectivity index is 2.10. The number of carboxylic acid groups (broad SMARTS) is 1. The average molecular weight is 201 g/mol. The fraction of sp³-hybridized carbons (Fsp3) is 0.900. The molecule has 82 valence electrons. The molecular formula is C10H19NO3. The van der Waals surface area contributed by atoms with E-state index >= 15 is 0 Å². The predicted octanol–water partition coefficient (Wildman–Crippen LogP) is 0.556. The van der Waals surface area contributed by atoms with Crippen LogP contribution in [0.15, 0.2) is 0 Å². The number of aliphatic hydroxyl groups excluding tert-OH is 1. The van der Waals surface area contributed by atoms with Gasteiger partial charge < -0.3 is 15.1 Å². The molecule has 0 amide bonds. The molecule has 0 saturated carbocycles. The molecule has 4 nitrogen and oxygen atoms in total. The summed E-state index contributed by atoms with van der Waals surface area (Å²) in [6.45, 7) is 3.26. The van der Waals surface area contributed by atoms with Gasteiger partial charge in [0.1, 0.15) is 0 Å². The Labute approximate surface area is 84.5 Å². The highest BCUT2D eigenvalue weighted by Gasteiger charge is 2.22. The van der Waals surface area contributed by atoms with E-state index in [1.54, 1.807) is 0 Å². The molecule has 1 unspecified atom stereocenters. The number of aliphatic hydroxyl groups is 1. The highest BCUT2D eigenvalue weighted by atomic mass is 16.4. The number of rotatable bonds is 6. The number of carbonyl (C=O) groups is 1. The van der Waals surface area contributed by atoms with Gasteiger partial charge >= 0.3 is 5.97 Å². The van der Waals surface area contributed by atoms with E-state index in [1.165, 1.54) is 0 Å². The highest BCUT2D eigenvalue weighted by molar-refractivity contribution is 5.66. The molecule has 2 N–H and O–H groups in total. The molecule has 0 aromatic heterocycles. The second-order valence-corrected chi connectivity index (χ2v) is 3.96. The van der Waals surface area contributed by atoms with E-state index in [2.05, 4.69) is 4.90 Å². The maximum atomic E-state index is 10.4. The molecule has 4 heteroatoms. The van der Waals surface area contributed by atoms with Crippen molar-refractivity contribution in [1.82, 2.24) is 4.90 Å². The Morgan fingerprint density at radius 3 is 2.93 bits per heavy atom. The second-order valence-electron chi connectivity index (χ2n) is 3.96. The maximum Gasteiger partial charge on any atom is 0.303 e. The van der Waals surface area contributed by atoms with Gasteiger partial charge in [0.25, 0.3) is 0 Å². The standard InChI is InChI=1S/C10H19NO3/c12-7-1-5-11-6-4-9(8-11)2-3-10(13)14/h9,12H,1-8H2,(H,13,14). The monoisotopic (exact) mass is 201 g/mol. The van der Waals surface area contributed by atoms with Crippen molar-refractivity contribution in [2.24, 2.45) is 5.92 Å². The summed E-state index contributed by atoms with van der Waals surface area (Å²) in [7, 11) is 0. The third kappa shape index (κ3) is 4.07. The van der Waals surface area contributed by atoms with Gasteiger partial charge in [-0.05, 0) is 31.7 Å². The molecule has 1 aliphatic heterocycles. The molecule has 1 aliphatic rings. The van der Waals surface area contributed by atoms with E-state index in [0.717, 1.165) is 38.9 Å². The van der Waals surface area contributed by atoms with Gasteiger partial charge in [-0.2, -0.15) is 0 Å². The van der Waals surface area contributed by atoms with Crippen LogP contribution >= 0.6 is 0 Å². The van der Waals surface area contributed by atoms with Gasteiger partial charge in [-0.3, -0.25) is 4.79 Å². The molecule has 0 spiro atoms. The van der Waals surface area contributed by atoms with Crippen LogP contribution in [0.3, 0.4) is 0 Å². The Bertz CT molecular complexity index is 184. The van der Waals surface area contributed by atoms with Crippen molar-refractivity contribution >= 4 is 5.97 Å². The van der Waals surface area contributed by atoms with Crippen molar-refractivity contribution in [1.29, 1.82) is 0 Å². The van der Waals surface area contributed by atoms with Crippen LogP contribution in [0.1, 0.15) is 25.7 Å². The molecule has 1 saturated heterocycles. The van der Waals surface area contributed by atoms with Crippen molar-refractivity contribution in [2.75, 3.05) is 26.2 Å². The molecule has 0 bridgehead atoms. The summed E-state index contributed by atoms with van der Waals surface area (Å²) in [5.74, 6) is -0.149. The van der Waals surface area contributed by atoms with E-state index in [9.17, 15) is 4.79 Å². The number of hydrogen-bond donors (Lipinski definition) is 2. The zero-order valence-electron chi connectivity index (χ0n) is 8.48. The third-order valence-corrected chi connectivity index (χ3v) is 2.77. The van der Waals surface area contributed by atoms with E-state index in [0.29, 0.717) is 12.3 Å². The normalized spacial score (nSPS) is 22.8. The molecule has 14 heavy (non-hydrogen) atoms. The van der Waals surface area contributed by atoms with E-state index in [4.69, 9.17) is 10.2 Å². The predicted molar refractivity (Wildman–Crippen MR) is 53.1 cm³/mol. The van der Waals surface area contributed by atoms with Gasteiger partial charge in [0, 0.05) is 26.1 Å². The van der Waals surface area contributed by atoms with Gasteiger partial charge in [-0.1, -0.05) is 0 Å². The van der Waals surface area contributed by atoms with Gasteiger partial charge in [0.05, 0.1) is 0 Å². The lowest BCUT2D eigenvalue weighted by atomic mass is 10.0. The van der Waals surface area contributed by atoms with Gasteiger partial charge in [-0.25, -0.2) is 0 Å². The Kier molecular flexibility index (Phi) is 4.90. The first-order valence-electron chi connectivity index (χ1n) is 5.27. The molecule has 1 rings (SSSR count). The molecule has 0 radical (unpaired) electrons. The molecule has 0 aromatic carbocycles. The van der Waals surface area contributed by atoms with Crippen molar-refractivity contribution in [3.8, 4) is 0 Å². The SMILES string of the molecule is O=C(O)CCC1CCN(CCCO)C1. The zero-order valence-corrected chi connectivity index (χ0v) is 8.48. The van der Waals surface area contributed by atoms with Crippen LogP contribution < -0.4 is 0 Å². The quantitative estimate of drug-likeness (QED) is 0.659. The molecule has 1 fully saturated rings. The summed E-state index contributed by atoms with van der Waals surface area (Å²) in [4.78, 5) is 12.7. The third-order valence-electron chi connectivity index (χ3n) is 2.77. The number of hydrogen-bond acceptors (Lipinski definition) is 3. The second kappa shape index (κ2) is 5.98. The number of aliphatic carboxylic acids is 1. The first-order valence-corrected chi connectivity index (χ1v) is 5.27. The highest BCUT2D eigenvalue weighted by Crippen LogP contribution is 2.20. The smallest absolute Gasteiger partial charge is 0.303 e. The van der Waals surface area contributed by atoms with Gasteiger partial charge in [-0.15, -0.1) is 0 Å². The van der Waals surface area contributed by atoms with E-state index in [-0.39, 0.29) is 6.61 Å². The molecule has 1 heterocycles. The van der Waals surface area contributed by atoms with Crippen LogP contribution in [0.25, 0.3) is 0 Å². The van der Waals surface area contributed by atoms with Gasteiger partial charge in [0.15, 0.2) is 0 Å². The van der Waals surface area contributed by atoms with Crippen molar-refractivity contribution in [3.63, 3.8) is 0 Å². The minimum atomic E-state index is -0.696. The van der Waals surface area contributed by atoms with Crippen molar-refractivity contribution in [2.45, 2.75) is 25.7 Å². The Hall–Kier alpha value is -0.610. The largest absolute Gasteiger partial charge is 0.481 e. The van der Waals surface area contributed by atoms with Crippen LogP contribution in [0.4, 0.5) is 0 Å². The van der Waals surface area contributed by atoms with Crippen LogP contribution in [-0.2, 0) is 4.79 Å². The molecule has 1 atom stereocenters. The first kappa shape index (κ1) is 11.5. The summed E-state index contributed by atoms with van der Waals surface area (Å²) in [6.07, 6.45) is 3.02. The summed E-state index contributed by atoms with van der Waals surface area (Å²) in [6, 6.07) is 0. The van der Waals surface area contributed by atoms with Crippen molar-refractivity contribution < 1.29 is 15.0 Å². The average Bonchev–Trinajstić information content (AvgIpc) is 2.59. The number of likely N-dealkylation sites (tertiary alicyclic amines) is 1. The van der Waals surface area contributed by atoms with Crippen LogP contribution in [-0.4, -0.2) is 47.3 Å². The summed E-state index contributed by atoms with van der Waals surface area (Å²) in [5, 5.41) is 17.2. The van der Waals surface area contributed by atoms with E-state index in [1.807, 2.05) is 0 Å². The lowest BCUT2D eigenvalue weighted by Crippen LogP contribution is -2.22. The topological polar surface area (TPSA) is 60.8 Å². The number of nitrogens with zero attached hydrogens (tertiary/aromatic N) is 1. The van der Waals surface area contributed by atoms with Crippen LogP contribution in [0.5, 0.6) is 0 Å². The Morgan fingerprint density at radius 2 is 2.29 bits per heavy atom. The molecule has 0 aromatic rings. The Morgan fingerprint density at radius 1 is 1.50 bits per heavy atom. The summed E-state index contributed by atoms with van der Waals surface area (Å²) in [5.41, 5.74) is 0. The van der Waals surface area contributed by atoms with Gasteiger partial charge in [0.2, 0.25) is 0 Å². The lowest BCUT2D eigenvalue weighted by Gasteiger charge is -2.14. The fourth-order valence-electron chi connectivity index (χ4n) is 1.97. The maximum absolute atomic E-state index is 10.4. The van der Waals surface area contributed by atoms with Crippen molar-refractivity contribution in [3.05, 3.63) is 0 Å². The minimum absolute atomic E-state index is 0.246. The lowest BCUT2D eigenvalue weighted by molar-refractivity contribution is -0.137. The molecule has 0 aliphatic carbocycles. The van der Waals surface area contributed by atoms with Crippen LogP contribution in [0, 0.1) is 5.92 Å². The first-order chi connectivity index (χ1) is 6.72. The minimum Gasteiger partial charge on any atom is -0.481 e. The van der Waals surface area contributed by atoms with E-state index < -0.39 is 5.97 Å². The zero-order chi connectivity index (χ0) is 10.4. The molecular weight excluding hydrogens is 182 g/mol. The summed E-state index contributed by atoms with van der Waals surface area (Å²) < 4.78 is 0.